The van der Waals surface area contributed by atoms with Gasteiger partial charge in [0.15, 0.2) is 5.78 Å². The van der Waals surface area contributed by atoms with Crippen molar-refractivity contribution in [3.63, 3.8) is 0 Å². The van der Waals surface area contributed by atoms with Crippen molar-refractivity contribution in [3.8, 4) is 0 Å². The predicted molar refractivity (Wildman–Crippen MR) is 68.6 cm³/mol. The Morgan fingerprint density at radius 3 is 2.90 bits per heavy atom. The van der Waals surface area contributed by atoms with Gasteiger partial charge in [0.25, 0.3) is 0 Å². The average Bonchev–Trinajstić information content (AvgIpc) is 2.72. The molecule has 2 aromatic heterocycles. The highest BCUT2D eigenvalue weighted by Crippen LogP contribution is 2.20. The number of nitrogens with zero attached hydrogens (tertiary/aromatic N) is 2. The van der Waals surface area contributed by atoms with Crippen LogP contribution in [0.3, 0.4) is 0 Å². The van der Waals surface area contributed by atoms with Crippen LogP contribution in [0.25, 0.3) is 10.9 Å². The summed E-state index contributed by atoms with van der Waals surface area (Å²) in [5.41, 5.74) is 1.33. The summed E-state index contributed by atoms with van der Waals surface area (Å²) < 4.78 is 37.7. The van der Waals surface area contributed by atoms with Crippen molar-refractivity contribution in [1.29, 1.82) is 0 Å². The van der Waals surface area contributed by atoms with Crippen molar-refractivity contribution in [2.45, 2.75) is 12.6 Å². The molecule has 0 aliphatic heterocycles. The zero-order valence-electron chi connectivity index (χ0n) is 10.9. The number of nitrogens with one attached hydrogen (secondary N) is 1. The maximum absolute atomic E-state index is 12.0. The Hall–Kier alpha value is -1.89. The highest BCUT2D eigenvalue weighted by molar-refractivity contribution is 6.08. The molecule has 0 radical (unpaired) electrons. The molecule has 108 valence electrons. The second kappa shape index (κ2) is 5.62. The number of Topliss-reactive ketones (excluding diaryl/α,β-unsaturated/α-hetero) is 1. The van der Waals surface area contributed by atoms with Gasteiger partial charge >= 0.3 is 6.18 Å². The van der Waals surface area contributed by atoms with Crippen LogP contribution in [0.5, 0.6) is 0 Å². The topological polar surface area (TPSA) is 46.9 Å². The molecule has 20 heavy (non-hydrogen) atoms. The summed E-state index contributed by atoms with van der Waals surface area (Å²) in [5.74, 6) is -0.245. The van der Waals surface area contributed by atoms with Crippen molar-refractivity contribution in [2.75, 3.05) is 13.1 Å². The lowest BCUT2D eigenvalue weighted by molar-refractivity contribution is -0.133. The van der Waals surface area contributed by atoms with Gasteiger partial charge in [-0.2, -0.15) is 13.2 Å². The summed E-state index contributed by atoms with van der Waals surface area (Å²) >= 11 is 0. The Bertz CT molecular complexity index is 619. The van der Waals surface area contributed by atoms with Crippen molar-refractivity contribution < 1.29 is 18.0 Å². The summed E-state index contributed by atoms with van der Waals surface area (Å²) in [6.45, 7) is -0.387. The number of ketones is 1. The van der Waals surface area contributed by atoms with Gasteiger partial charge in [-0.15, -0.1) is 0 Å². The van der Waals surface area contributed by atoms with E-state index >= 15 is 0 Å². The van der Waals surface area contributed by atoms with Gasteiger partial charge in [0, 0.05) is 43.1 Å². The number of hydrogen-bond acceptors (Lipinski definition) is 3. The third-order valence-electron chi connectivity index (χ3n) is 2.96. The monoisotopic (exact) mass is 285 g/mol. The SMILES string of the molecule is Cn1cc(C(=O)CNCCC(F)(F)F)c2cnccc21. The second-order valence-corrected chi connectivity index (χ2v) is 4.51. The highest BCUT2D eigenvalue weighted by atomic mass is 19.4. The van der Waals surface area contributed by atoms with E-state index in [0.29, 0.717) is 10.9 Å². The van der Waals surface area contributed by atoms with Crippen LogP contribution in [0.1, 0.15) is 16.8 Å². The number of halogens is 3. The van der Waals surface area contributed by atoms with E-state index in [1.54, 1.807) is 36.3 Å². The molecule has 2 rings (SSSR count). The minimum absolute atomic E-state index is 0.121. The first-order chi connectivity index (χ1) is 9.38. The van der Waals surface area contributed by atoms with E-state index < -0.39 is 12.6 Å². The second-order valence-electron chi connectivity index (χ2n) is 4.51. The fraction of sp³-hybridized carbons (Fsp3) is 0.385. The molecule has 1 N–H and O–H groups in total. The lowest BCUT2D eigenvalue weighted by Gasteiger charge is -2.06. The summed E-state index contributed by atoms with van der Waals surface area (Å²) in [5, 5.41) is 3.22. The van der Waals surface area contributed by atoms with Gasteiger partial charge < -0.3 is 9.88 Å². The molecule has 0 saturated heterocycles. The Morgan fingerprint density at radius 1 is 1.45 bits per heavy atom. The van der Waals surface area contributed by atoms with Crippen LogP contribution in [0.2, 0.25) is 0 Å². The Balaban J connectivity index is 2.02. The first kappa shape index (κ1) is 14.5. The van der Waals surface area contributed by atoms with E-state index in [9.17, 15) is 18.0 Å². The molecule has 0 bridgehead atoms. The molecule has 0 fully saturated rings. The molecule has 0 saturated carbocycles. The smallest absolute Gasteiger partial charge is 0.350 e. The molecule has 0 amide bonds. The number of aryl methyl sites for hydroxylation is 1. The largest absolute Gasteiger partial charge is 0.390 e. The summed E-state index contributed by atoms with van der Waals surface area (Å²) in [6.07, 6.45) is -0.284. The van der Waals surface area contributed by atoms with E-state index in [1.165, 1.54) is 0 Å². The molecule has 0 spiro atoms. The summed E-state index contributed by atoms with van der Waals surface area (Å²) in [4.78, 5) is 16.0. The first-order valence-electron chi connectivity index (χ1n) is 6.08. The minimum Gasteiger partial charge on any atom is -0.350 e. The number of hydrogen-bond donors (Lipinski definition) is 1. The normalized spacial score (nSPS) is 12.0. The Morgan fingerprint density at radius 2 is 2.20 bits per heavy atom. The van der Waals surface area contributed by atoms with Crippen LogP contribution in [0.4, 0.5) is 13.2 Å². The van der Waals surface area contributed by atoms with E-state index in [4.69, 9.17) is 0 Å². The van der Waals surface area contributed by atoms with Crippen molar-refractivity contribution in [1.82, 2.24) is 14.9 Å². The van der Waals surface area contributed by atoms with Gasteiger partial charge in [-0.25, -0.2) is 0 Å². The van der Waals surface area contributed by atoms with Crippen LogP contribution in [0, 0.1) is 0 Å². The molecule has 0 aliphatic carbocycles. The highest BCUT2D eigenvalue weighted by Gasteiger charge is 2.26. The van der Waals surface area contributed by atoms with Gasteiger partial charge in [-0.3, -0.25) is 9.78 Å². The fourth-order valence-electron chi connectivity index (χ4n) is 1.98. The Kier molecular flexibility index (Phi) is 4.08. The molecule has 0 aromatic carbocycles. The number of alkyl halides is 3. The van der Waals surface area contributed by atoms with Gasteiger partial charge in [0.05, 0.1) is 18.5 Å². The van der Waals surface area contributed by atoms with Crippen LogP contribution in [-0.4, -0.2) is 34.6 Å². The van der Waals surface area contributed by atoms with E-state index in [-0.39, 0.29) is 18.9 Å². The van der Waals surface area contributed by atoms with Gasteiger partial charge in [-0.05, 0) is 6.07 Å². The van der Waals surface area contributed by atoms with Gasteiger partial charge in [0.2, 0.25) is 0 Å². The average molecular weight is 285 g/mol. The maximum Gasteiger partial charge on any atom is 0.390 e. The fourth-order valence-corrected chi connectivity index (χ4v) is 1.98. The van der Waals surface area contributed by atoms with Crippen molar-refractivity contribution >= 4 is 16.7 Å². The van der Waals surface area contributed by atoms with Crippen LogP contribution in [0.15, 0.2) is 24.7 Å². The quantitative estimate of drug-likeness (QED) is 0.677. The molecular weight excluding hydrogens is 271 g/mol. The number of fused-ring (bicyclic) bond motifs is 1. The minimum atomic E-state index is -4.21. The van der Waals surface area contributed by atoms with Crippen LogP contribution < -0.4 is 5.32 Å². The maximum atomic E-state index is 12.0. The van der Waals surface area contributed by atoms with Crippen molar-refractivity contribution in [3.05, 3.63) is 30.2 Å². The number of pyridine rings is 1. The zero-order chi connectivity index (χ0) is 14.8. The number of carbonyl (C=O) groups is 1. The molecule has 4 nitrogen and oxygen atoms in total. The lowest BCUT2D eigenvalue weighted by Crippen LogP contribution is -2.27. The summed E-state index contributed by atoms with van der Waals surface area (Å²) in [7, 11) is 1.80. The lowest BCUT2D eigenvalue weighted by atomic mass is 10.1. The predicted octanol–water partition coefficient (Wildman–Crippen LogP) is 2.30. The van der Waals surface area contributed by atoms with E-state index in [1.807, 2.05) is 0 Å². The third-order valence-corrected chi connectivity index (χ3v) is 2.96. The molecule has 2 aromatic rings. The Labute approximate surface area is 113 Å². The number of carbonyl (C=O) groups excluding carboxylic acids is 1. The van der Waals surface area contributed by atoms with Crippen molar-refractivity contribution in [2.24, 2.45) is 7.05 Å². The number of aromatic nitrogens is 2. The molecule has 0 aliphatic rings. The summed E-state index contributed by atoms with van der Waals surface area (Å²) in [6, 6.07) is 1.78. The van der Waals surface area contributed by atoms with E-state index in [2.05, 4.69) is 10.3 Å². The first-order valence-corrected chi connectivity index (χ1v) is 6.08. The van der Waals surface area contributed by atoms with Gasteiger partial charge in [-0.1, -0.05) is 0 Å². The van der Waals surface area contributed by atoms with Crippen LogP contribution >= 0.6 is 0 Å². The molecule has 7 heteroatoms. The standard InChI is InChI=1S/C13H14F3N3O/c1-19-8-10(9-6-17-4-2-11(9)19)12(20)7-18-5-3-13(14,15)16/h2,4,6,8,18H,3,5,7H2,1H3. The van der Waals surface area contributed by atoms with Crippen LogP contribution in [-0.2, 0) is 7.05 Å². The molecule has 2 heterocycles. The zero-order valence-corrected chi connectivity index (χ0v) is 10.9. The number of rotatable bonds is 5. The molecule has 0 atom stereocenters. The van der Waals surface area contributed by atoms with Gasteiger partial charge in [0.1, 0.15) is 0 Å². The molecule has 0 unspecified atom stereocenters. The van der Waals surface area contributed by atoms with E-state index in [0.717, 1.165) is 5.52 Å². The third kappa shape index (κ3) is 3.36. The molecular formula is C13H14F3N3O.